The van der Waals surface area contributed by atoms with Crippen LogP contribution in [0.3, 0.4) is 0 Å². The first-order chi connectivity index (χ1) is 6.17. The number of methoxy groups -OCH3 is 1. The van der Waals surface area contributed by atoms with Crippen LogP contribution in [0.4, 0.5) is 0 Å². The van der Waals surface area contributed by atoms with Gasteiger partial charge < -0.3 is 9.15 Å². The molecular formula is C10H12O3. The highest BCUT2D eigenvalue weighted by atomic mass is 16.5. The summed E-state index contributed by atoms with van der Waals surface area (Å²) in [5.41, 5.74) is 0.520. The Balaban J connectivity index is 3.24. The third-order valence-electron chi connectivity index (χ3n) is 1.80. The lowest BCUT2D eigenvalue weighted by Gasteiger charge is -2.01. The SMILES string of the molecule is C/C=C(\C)c1cc(OC)cc(=O)o1. The van der Waals surface area contributed by atoms with E-state index in [0.29, 0.717) is 11.5 Å². The van der Waals surface area contributed by atoms with Gasteiger partial charge in [-0.3, -0.25) is 0 Å². The van der Waals surface area contributed by atoms with E-state index in [0.717, 1.165) is 5.57 Å². The van der Waals surface area contributed by atoms with Gasteiger partial charge in [0.2, 0.25) is 0 Å². The molecule has 0 saturated carbocycles. The Kier molecular flexibility index (Phi) is 2.90. The van der Waals surface area contributed by atoms with Gasteiger partial charge in [-0.2, -0.15) is 0 Å². The molecule has 70 valence electrons. The summed E-state index contributed by atoms with van der Waals surface area (Å²) in [5, 5.41) is 0. The molecule has 13 heavy (non-hydrogen) atoms. The van der Waals surface area contributed by atoms with Crippen LogP contribution in [0.1, 0.15) is 19.6 Å². The third kappa shape index (κ3) is 2.21. The maximum atomic E-state index is 11.0. The lowest BCUT2D eigenvalue weighted by atomic mass is 10.2. The molecule has 0 amide bonds. The van der Waals surface area contributed by atoms with Crippen molar-refractivity contribution < 1.29 is 9.15 Å². The molecule has 3 nitrogen and oxygen atoms in total. The molecule has 0 aliphatic rings. The predicted octanol–water partition coefficient (Wildman–Crippen LogP) is 2.07. The van der Waals surface area contributed by atoms with E-state index in [-0.39, 0.29) is 0 Å². The Hall–Kier alpha value is -1.51. The third-order valence-corrected chi connectivity index (χ3v) is 1.80. The van der Waals surface area contributed by atoms with Crippen molar-refractivity contribution in [2.45, 2.75) is 13.8 Å². The Morgan fingerprint density at radius 2 is 2.23 bits per heavy atom. The van der Waals surface area contributed by atoms with Gasteiger partial charge in [0, 0.05) is 6.07 Å². The summed E-state index contributed by atoms with van der Waals surface area (Å²) in [5.74, 6) is 1.07. The van der Waals surface area contributed by atoms with Crippen molar-refractivity contribution >= 4 is 5.57 Å². The summed E-state index contributed by atoms with van der Waals surface area (Å²) in [6.45, 7) is 3.76. The molecule has 0 saturated heterocycles. The van der Waals surface area contributed by atoms with E-state index < -0.39 is 5.63 Å². The van der Waals surface area contributed by atoms with E-state index in [1.807, 2.05) is 19.9 Å². The van der Waals surface area contributed by atoms with E-state index in [9.17, 15) is 4.79 Å². The Morgan fingerprint density at radius 3 is 2.77 bits per heavy atom. The van der Waals surface area contributed by atoms with Crippen LogP contribution >= 0.6 is 0 Å². The molecule has 0 spiro atoms. The standard InChI is InChI=1S/C10H12O3/c1-4-7(2)9-5-8(12-3)6-10(11)13-9/h4-6H,1-3H3/b7-4+. The van der Waals surface area contributed by atoms with Crippen LogP contribution < -0.4 is 10.4 Å². The van der Waals surface area contributed by atoms with Gasteiger partial charge >= 0.3 is 5.63 Å². The van der Waals surface area contributed by atoms with E-state index in [4.69, 9.17) is 9.15 Å². The minimum Gasteiger partial charge on any atom is -0.496 e. The van der Waals surface area contributed by atoms with Crippen molar-refractivity contribution in [3.8, 4) is 5.75 Å². The molecule has 0 aliphatic heterocycles. The van der Waals surface area contributed by atoms with Crippen molar-refractivity contribution in [3.05, 3.63) is 34.4 Å². The molecular weight excluding hydrogens is 168 g/mol. The second-order valence-corrected chi connectivity index (χ2v) is 2.65. The van der Waals surface area contributed by atoms with Gasteiger partial charge in [0.1, 0.15) is 11.5 Å². The summed E-state index contributed by atoms with van der Waals surface area (Å²) in [6.07, 6.45) is 1.87. The molecule has 1 rings (SSSR count). The maximum absolute atomic E-state index is 11.0. The molecule has 0 aliphatic carbocycles. The van der Waals surface area contributed by atoms with Crippen molar-refractivity contribution in [2.24, 2.45) is 0 Å². The lowest BCUT2D eigenvalue weighted by molar-refractivity contribution is 0.400. The molecule has 0 radical (unpaired) electrons. The van der Waals surface area contributed by atoms with Gasteiger partial charge in [0.25, 0.3) is 0 Å². The average molecular weight is 180 g/mol. The van der Waals surface area contributed by atoms with Crippen LogP contribution in [0.2, 0.25) is 0 Å². The number of hydrogen-bond donors (Lipinski definition) is 0. The van der Waals surface area contributed by atoms with Crippen molar-refractivity contribution in [1.82, 2.24) is 0 Å². The fraction of sp³-hybridized carbons (Fsp3) is 0.300. The molecule has 1 aromatic heterocycles. The first kappa shape index (κ1) is 9.58. The van der Waals surface area contributed by atoms with E-state index in [1.165, 1.54) is 13.2 Å². The summed E-state index contributed by atoms with van der Waals surface area (Å²) in [6, 6.07) is 3.00. The van der Waals surface area contributed by atoms with Gasteiger partial charge in [-0.05, 0) is 19.4 Å². The molecule has 3 heteroatoms. The minimum absolute atomic E-state index is 0.393. The molecule has 0 atom stereocenters. The van der Waals surface area contributed by atoms with Crippen molar-refractivity contribution in [1.29, 1.82) is 0 Å². The van der Waals surface area contributed by atoms with Crippen LogP contribution in [0, 0.1) is 0 Å². The molecule has 0 aromatic carbocycles. The highest BCUT2D eigenvalue weighted by molar-refractivity contribution is 5.59. The summed E-state index contributed by atoms with van der Waals surface area (Å²) in [7, 11) is 1.52. The quantitative estimate of drug-likeness (QED) is 0.699. The number of allylic oxidation sites excluding steroid dienone is 2. The minimum atomic E-state index is -0.393. The highest BCUT2D eigenvalue weighted by Gasteiger charge is 2.02. The van der Waals surface area contributed by atoms with Crippen LogP contribution in [0.25, 0.3) is 5.57 Å². The van der Waals surface area contributed by atoms with Gasteiger partial charge in [-0.25, -0.2) is 4.79 Å². The topological polar surface area (TPSA) is 39.4 Å². The molecule has 0 N–H and O–H groups in total. The maximum Gasteiger partial charge on any atom is 0.339 e. The second-order valence-electron chi connectivity index (χ2n) is 2.65. The highest BCUT2D eigenvalue weighted by Crippen LogP contribution is 2.16. The van der Waals surface area contributed by atoms with Gasteiger partial charge in [0.15, 0.2) is 0 Å². The van der Waals surface area contributed by atoms with Crippen LogP contribution in [0.5, 0.6) is 5.75 Å². The molecule has 1 aromatic rings. The van der Waals surface area contributed by atoms with Crippen LogP contribution in [-0.4, -0.2) is 7.11 Å². The zero-order valence-corrected chi connectivity index (χ0v) is 7.96. The zero-order valence-electron chi connectivity index (χ0n) is 7.96. The van der Waals surface area contributed by atoms with E-state index >= 15 is 0 Å². The second kappa shape index (κ2) is 3.94. The Bertz CT molecular complexity index is 374. The predicted molar refractivity (Wildman–Crippen MR) is 50.9 cm³/mol. The fourth-order valence-corrected chi connectivity index (χ4v) is 0.909. The van der Waals surface area contributed by atoms with E-state index in [1.54, 1.807) is 6.07 Å². The average Bonchev–Trinajstić information content (AvgIpc) is 2.15. The van der Waals surface area contributed by atoms with Crippen molar-refractivity contribution in [3.63, 3.8) is 0 Å². The fourth-order valence-electron chi connectivity index (χ4n) is 0.909. The normalized spacial score (nSPS) is 11.5. The lowest BCUT2D eigenvalue weighted by Crippen LogP contribution is -2.00. The zero-order chi connectivity index (χ0) is 9.84. The monoisotopic (exact) mass is 180 g/mol. The van der Waals surface area contributed by atoms with Crippen molar-refractivity contribution in [2.75, 3.05) is 7.11 Å². The molecule has 0 bridgehead atoms. The first-order valence-electron chi connectivity index (χ1n) is 4.00. The molecule has 0 fully saturated rings. The molecule has 1 heterocycles. The largest absolute Gasteiger partial charge is 0.496 e. The smallest absolute Gasteiger partial charge is 0.339 e. The van der Waals surface area contributed by atoms with Crippen LogP contribution in [0.15, 0.2) is 27.4 Å². The van der Waals surface area contributed by atoms with E-state index in [2.05, 4.69) is 0 Å². The summed E-state index contributed by atoms with van der Waals surface area (Å²) >= 11 is 0. The Morgan fingerprint density at radius 1 is 1.54 bits per heavy atom. The number of rotatable bonds is 2. The number of hydrogen-bond acceptors (Lipinski definition) is 3. The van der Waals surface area contributed by atoms with Gasteiger partial charge in [0.05, 0.1) is 13.2 Å². The Labute approximate surface area is 76.6 Å². The van der Waals surface area contributed by atoms with Crippen LogP contribution in [-0.2, 0) is 0 Å². The summed E-state index contributed by atoms with van der Waals surface area (Å²) < 4.78 is 9.91. The number of ether oxygens (including phenoxy) is 1. The molecule has 0 unspecified atom stereocenters. The van der Waals surface area contributed by atoms with Gasteiger partial charge in [-0.1, -0.05) is 6.08 Å². The van der Waals surface area contributed by atoms with Gasteiger partial charge in [-0.15, -0.1) is 0 Å². The summed E-state index contributed by atoms with van der Waals surface area (Å²) in [4.78, 5) is 11.0. The first-order valence-corrected chi connectivity index (χ1v) is 4.00.